The van der Waals surface area contributed by atoms with Crippen LogP contribution >= 0.6 is 0 Å². The van der Waals surface area contributed by atoms with Crippen molar-refractivity contribution in [1.29, 1.82) is 0 Å². The summed E-state index contributed by atoms with van der Waals surface area (Å²) in [4.78, 5) is 59.8. The topological polar surface area (TPSA) is 204 Å². The predicted molar refractivity (Wildman–Crippen MR) is 149 cm³/mol. The summed E-state index contributed by atoms with van der Waals surface area (Å²) >= 11 is 0. The Morgan fingerprint density at radius 1 is 1.11 bits per heavy atom. The smallest absolute Gasteiger partial charge is 0.312 e. The molecule has 3 atom stereocenters. The van der Waals surface area contributed by atoms with E-state index in [1.807, 2.05) is 0 Å². The molecule has 16 heteroatoms. The minimum Gasteiger partial charge on any atom is -0.461 e. The van der Waals surface area contributed by atoms with Gasteiger partial charge in [-0.2, -0.15) is 14.4 Å². The molecule has 0 aliphatic carbocycles. The molecule has 2 aromatic heterocycles. The van der Waals surface area contributed by atoms with Gasteiger partial charge in [0.25, 0.3) is 0 Å². The molecule has 2 aromatic rings. The molecule has 0 saturated carbocycles. The zero-order valence-electron chi connectivity index (χ0n) is 24.9. The quantitative estimate of drug-likeness (QED) is 0.138. The van der Waals surface area contributed by atoms with Crippen molar-refractivity contribution in [3.05, 3.63) is 12.4 Å². The molecular weight excluding hydrogens is 585 g/mol. The summed E-state index contributed by atoms with van der Waals surface area (Å²) in [5, 5.41) is 10.9. The predicted octanol–water partition coefficient (Wildman–Crippen LogP) is 0.876. The van der Waals surface area contributed by atoms with E-state index in [-0.39, 0.29) is 43.2 Å². The first-order valence-corrected chi connectivity index (χ1v) is 13.9. The Kier molecular flexibility index (Phi) is 11.5. The first-order valence-electron chi connectivity index (χ1n) is 13.9. The van der Waals surface area contributed by atoms with E-state index in [0.29, 0.717) is 0 Å². The molecule has 1 saturated heterocycles. The number of nitrogens with two attached hydrogens (primary N) is 1. The summed E-state index contributed by atoms with van der Waals surface area (Å²) in [5.41, 5.74) is 4.31. The van der Waals surface area contributed by atoms with Crippen molar-refractivity contribution in [2.45, 2.75) is 70.8 Å². The van der Waals surface area contributed by atoms with E-state index in [1.54, 1.807) is 27.7 Å². The third-order valence-corrected chi connectivity index (χ3v) is 6.67. The Balaban J connectivity index is 1.52. The van der Waals surface area contributed by atoms with Crippen molar-refractivity contribution in [3.63, 3.8) is 0 Å². The number of aliphatic hydroxyl groups is 1. The van der Waals surface area contributed by atoms with Crippen molar-refractivity contribution in [1.82, 2.24) is 19.5 Å². The van der Waals surface area contributed by atoms with Gasteiger partial charge in [0.05, 0.1) is 49.8 Å². The van der Waals surface area contributed by atoms with E-state index in [9.17, 15) is 28.7 Å². The Labute approximate surface area is 252 Å². The molecule has 3 rings (SSSR count). The van der Waals surface area contributed by atoms with Crippen LogP contribution in [0.5, 0.6) is 0 Å². The van der Waals surface area contributed by atoms with Crippen LogP contribution in [0, 0.1) is 30.3 Å². The largest absolute Gasteiger partial charge is 0.461 e. The van der Waals surface area contributed by atoms with Crippen molar-refractivity contribution in [2.75, 3.05) is 32.2 Å². The molecule has 2 unspecified atom stereocenters. The molecule has 44 heavy (non-hydrogen) atoms. The van der Waals surface area contributed by atoms with Gasteiger partial charge in [-0.1, -0.05) is 33.6 Å². The maximum Gasteiger partial charge on any atom is 0.312 e. The van der Waals surface area contributed by atoms with Crippen LogP contribution in [-0.4, -0.2) is 92.7 Å². The number of nitrogen functional groups attached to an aromatic ring is 1. The van der Waals surface area contributed by atoms with Gasteiger partial charge in [0.2, 0.25) is 0 Å². The normalized spacial score (nSPS) is 20.0. The van der Waals surface area contributed by atoms with Crippen LogP contribution in [0.4, 0.5) is 10.2 Å². The van der Waals surface area contributed by atoms with Crippen molar-refractivity contribution in [2.24, 2.45) is 11.8 Å². The van der Waals surface area contributed by atoms with Gasteiger partial charge in [-0.05, 0) is 0 Å². The highest BCUT2D eigenvalue weighted by Crippen LogP contribution is 2.33. The third-order valence-electron chi connectivity index (χ3n) is 6.67. The first-order chi connectivity index (χ1) is 20.8. The Bertz CT molecular complexity index is 1380. The highest BCUT2D eigenvalue weighted by molar-refractivity contribution is 5.81. The maximum absolute atomic E-state index is 13.7. The lowest BCUT2D eigenvalue weighted by molar-refractivity contribution is -0.177. The molecule has 240 valence electrons. The van der Waals surface area contributed by atoms with Gasteiger partial charge in [0.1, 0.15) is 25.3 Å². The minimum atomic E-state index is -1.69. The number of fused-ring (bicyclic) bond motifs is 1. The second-order valence-corrected chi connectivity index (χ2v) is 10.8. The number of aromatic nitrogens is 4. The molecule has 1 fully saturated rings. The Hall–Kier alpha value is -4.36. The number of rotatable bonds is 13. The number of halogens is 1. The fourth-order valence-electron chi connectivity index (χ4n) is 4.05. The lowest BCUT2D eigenvalue weighted by atomic mass is 9.89. The summed E-state index contributed by atoms with van der Waals surface area (Å²) in [5.74, 6) is -1.36. The van der Waals surface area contributed by atoms with Gasteiger partial charge < -0.3 is 39.1 Å². The van der Waals surface area contributed by atoms with Crippen molar-refractivity contribution in [3.8, 4) is 12.3 Å². The zero-order valence-corrected chi connectivity index (χ0v) is 24.9. The minimum absolute atomic E-state index is 0.0230. The average molecular weight is 622 g/mol. The van der Waals surface area contributed by atoms with E-state index >= 15 is 0 Å². The SMILES string of the molecule is C#CC1(COC(=O)CCC(=O)OC(COC(=O)C(C)C)COC(=O)C(C)C)OCC(n2cnc3c(N)nc(F)nc32)C[C@@H]1O. The summed E-state index contributed by atoms with van der Waals surface area (Å²) in [6, 6.07) is -0.553. The zero-order chi connectivity index (χ0) is 32.6. The Morgan fingerprint density at radius 2 is 1.73 bits per heavy atom. The summed E-state index contributed by atoms with van der Waals surface area (Å²) < 4.78 is 41.7. The number of ether oxygens (including phenoxy) is 5. The van der Waals surface area contributed by atoms with Crippen molar-refractivity contribution < 1.29 is 52.4 Å². The van der Waals surface area contributed by atoms with E-state index in [1.165, 1.54) is 10.9 Å². The number of hydrogen-bond acceptors (Lipinski definition) is 14. The van der Waals surface area contributed by atoms with Crippen molar-refractivity contribution >= 4 is 40.9 Å². The van der Waals surface area contributed by atoms with Crippen LogP contribution in [0.25, 0.3) is 11.2 Å². The molecule has 3 N–H and O–H groups in total. The Morgan fingerprint density at radius 3 is 2.30 bits per heavy atom. The van der Waals surface area contributed by atoms with Gasteiger partial charge in [-0.15, -0.1) is 6.42 Å². The molecule has 0 spiro atoms. The molecule has 1 aliphatic rings. The monoisotopic (exact) mass is 621 g/mol. The molecule has 0 amide bonds. The van der Waals surface area contributed by atoms with E-state index in [4.69, 9.17) is 35.8 Å². The van der Waals surface area contributed by atoms with Gasteiger partial charge in [0, 0.05) is 6.42 Å². The van der Waals surface area contributed by atoms with Gasteiger partial charge in [0.15, 0.2) is 23.2 Å². The second-order valence-electron chi connectivity index (χ2n) is 10.8. The number of carbonyl (C=O) groups is 4. The van der Waals surface area contributed by atoms with Crippen LogP contribution < -0.4 is 5.73 Å². The number of carbonyl (C=O) groups excluding carboxylic acids is 4. The van der Waals surface area contributed by atoms with Crippen LogP contribution in [0.2, 0.25) is 0 Å². The van der Waals surface area contributed by atoms with Gasteiger partial charge in [-0.3, -0.25) is 19.2 Å². The maximum atomic E-state index is 13.7. The molecule has 0 aromatic carbocycles. The first kappa shape index (κ1) is 34.1. The van der Waals surface area contributed by atoms with Crippen LogP contribution in [-0.2, 0) is 42.9 Å². The lowest BCUT2D eigenvalue weighted by Crippen LogP contribution is -2.53. The van der Waals surface area contributed by atoms with Crippen LogP contribution in [0.3, 0.4) is 0 Å². The molecule has 1 aliphatic heterocycles. The summed E-state index contributed by atoms with van der Waals surface area (Å²) in [6.45, 7) is 5.25. The number of anilines is 1. The number of imidazole rings is 1. The fourth-order valence-corrected chi connectivity index (χ4v) is 4.05. The molecule has 0 radical (unpaired) electrons. The fraction of sp³-hybridized carbons (Fsp3) is 0.607. The number of aliphatic hydroxyl groups excluding tert-OH is 1. The summed E-state index contributed by atoms with van der Waals surface area (Å²) in [7, 11) is 0. The average Bonchev–Trinajstić information content (AvgIpc) is 3.40. The van der Waals surface area contributed by atoms with Crippen LogP contribution in [0.1, 0.15) is 53.0 Å². The second kappa shape index (κ2) is 14.9. The number of esters is 4. The highest BCUT2D eigenvalue weighted by atomic mass is 19.1. The molecule has 15 nitrogen and oxygen atoms in total. The van der Waals surface area contributed by atoms with Gasteiger partial charge >= 0.3 is 30.0 Å². The summed E-state index contributed by atoms with van der Waals surface area (Å²) in [6.07, 6.45) is 2.79. The molecular formula is C28H36FN5O10. The van der Waals surface area contributed by atoms with Gasteiger partial charge in [-0.25, -0.2) is 4.98 Å². The standard InChI is InChI=1S/C28H36FN5O10/c1-6-28(19(35)9-17(10-43-28)34-14-31-22-23(30)32-27(29)33-24(22)34)13-42-20(36)7-8-21(37)44-18(11-40-25(38)15(2)3)12-41-26(39)16(4)5/h1,14-19,35H,7-13H2,2-5H3,(H2,30,32,33)/t17?,19-,28?/m0/s1. The lowest BCUT2D eigenvalue weighted by Gasteiger charge is -2.40. The number of terminal acetylenes is 1. The van der Waals surface area contributed by atoms with E-state index in [0.717, 1.165) is 0 Å². The van der Waals surface area contributed by atoms with Crippen LogP contribution in [0.15, 0.2) is 6.33 Å². The molecule has 0 bridgehead atoms. The number of hydrogen-bond donors (Lipinski definition) is 2. The van der Waals surface area contributed by atoms with E-state index < -0.39 is 85.1 Å². The van der Waals surface area contributed by atoms with E-state index in [2.05, 4.69) is 20.9 Å². The third kappa shape index (κ3) is 8.60. The number of nitrogens with zero attached hydrogens (tertiary/aromatic N) is 4. The highest BCUT2D eigenvalue weighted by Gasteiger charge is 2.45. The molecule has 3 heterocycles.